The van der Waals surface area contributed by atoms with Crippen molar-refractivity contribution in [3.8, 4) is 0 Å². The number of hydrogen-bond acceptors (Lipinski definition) is 0. The van der Waals surface area contributed by atoms with E-state index in [1.807, 2.05) is 0 Å². The molecule has 78 valence electrons. The second-order valence-corrected chi connectivity index (χ2v) is 2.10. The Labute approximate surface area is 75.5 Å². The van der Waals surface area contributed by atoms with Crippen LogP contribution in [0.2, 0.25) is 0 Å². The van der Waals surface area contributed by atoms with Crippen LogP contribution in [-0.4, -0.2) is 12.4 Å². The first-order valence-corrected chi connectivity index (χ1v) is 3.00. The molecule has 0 aliphatic carbocycles. The summed E-state index contributed by atoms with van der Waals surface area (Å²) in [4.78, 5) is 0. The van der Waals surface area contributed by atoms with Gasteiger partial charge >= 0.3 is 12.4 Å². The van der Waals surface area contributed by atoms with E-state index in [-0.39, 0.29) is 6.08 Å². The van der Waals surface area contributed by atoms with Crippen molar-refractivity contribution in [1.29, 1.82) is 0 Å². The average molecular weight is 227 g/mol. The summed E-state index contributed by atoms with van der Waals surface area (Å²) in [5.74, 6) is 0. The lowest BCUT2D eigenvalue weighted by atomic mass is 10.6. The third-order valence-electron chi connectivity index (χ3n) is 0.539. The molecule has 0 bridgehead atoms. The fourth-order valence-corrected chi connectivity index (χ4v) is 0. The molecule has 0 heterocycles. The molecule has 0 radical (unpaired) electrons. The van der Waals surface area contributed by atoms with E-state index in [0.29, 0.717) is 0 Å². The number of alkyl halides is 6. The number of hydrogen-bond donors (Lipinski definition) is 0. The van der Waals surface area contributed by atoms with E-state index in [0.717, 1.165) is 0 Å². The van der Waals surface area contributed by atoms with Gasteiger partial charge in [0.15, 0.2) is 0 Å². The second kappa shape index (κ2) is 5.16. The maximum absolute atomic E-state index is 10.9. The molecule has 0 aliphatic rings. The van der Waals surface area contributed by atoms with Gasteiger partial charge in [0, 0.05) is 6.08 Å². The zero-order chi connectivity index (χ0) is 11.3. The van der Waals surface area contributed by atoms with E-state index >= 15 is 0 Å². The fourth-order valence-electron chi connectivity index (χ4n) is 0. The standard InChI is InChI=1S/C3H2ClF3.C3H3F3/c1-2(4)3(5,6)7;1-2-3(4,5)6/h1H2;2H,1H2. The molecule has 0 fully saturated rings. The third kappa shape index (κ3) is 14.2. The summed E-state index contributed by atoms with van der Waals surface area (Å²) in [5, 5.41) is -1.28. The van der Waals surface area contributed by atoms with E-state index in [1.54, 1.807) is 0 Å². The van der Waals surface area contributed by atoms with Gasteiger partial charge in [-0.2, -0.15) is 26.3 Å². The number of allylic oxidation sites excluding steroid dienone is 2. The van der Waals surface area contributed by atoms with Crippen LogP contribution >= 0.6 is 11.6 Å². The van der Waals surface area contributed by atoms with Gasteiger partial charge in [-0.15, -0.1) is 0 Å². The van der Waals surface area contributed by atoms with Crippen molar-refractivity contribution in [2.75, 3.05) is 0 Å². The summed E-state index contributed by atoms with van der Waals surface area (Å²) in [6.45, 7) is 4.97. The first-order valence-electron chi connectivity index (χ1n) is 2.62. The van der Waals surface area contributed by atoms with Gasteiger partial charge in [0.05, 0.1) is 0 Å². The van der Waals surface area contributed by atoms with E-state index < -0.39 is 17.4 Å². The lowest BCUT2D eigenvalue weighted by Gasteiger charge is -1.98. The van der Waals surface area contributed by atoms with Gasteiger partial charge in [-0.05, 0) is 0 Å². The van der Waals surface area contributed by atoms with Crippen LogP contribution in [0.5, 0.6) is 0 Å². The predicted octanol–water partition coefficient (Wildman–Crippen LogP) is 4.04. The van der Waals surface area contributed by atoms with E-state index in [9.17, 15) is 26.3 Å². The Balaban J connectivity index is 0. The molecule has 13 heavy (non-hydrogen) atoms. The summed E-state index contributed by atoms with van der Waals surface area (Å²) in [5.41, 5.74) is 0. The molecule has 7 heteroatoms. The van der Waals surface area contributed by atoms with Crippen molar-refractivity contribution in [2.45, 2.75) is 12.4 Å². The van der Waals surface area contributed by atoms with Crippen LogP contribution in [0, 0.1) is 0 Å². The Morgan fingerprint density at radius 3 is 1.23 bits per heavy atom. The van der Waals surface area contributed by atoms with Crippen LogP contribution < -0.4 is 0 Å². The summed E-state index contributed by atoms with van der Waals surface area (Å²) in [6.07, 6.45) is -8.69. The minimum atomic E-state index is -4.43. The summed E-state index contributed by atoms with van der Waals surface area (Å²) >= 11 is 4.43. The molecule has 0 N–H and O–H groups in total. The van der Waals surface area contributed by atoms with Crippen molar-refractivity contribution in [3.63, 3.8) is 0 Å². The second-order valence-electron chi connectivity index (χ2n) is 1.65. The highest BCUT2D eigenvalue weighted by atomic mass is 35.5. The SMILES string of the molecule is C=C(Cl)C(F)(F)F.C=CC(F)(F)F. The molecule has 0 aromatic rings. The van der Waals surface area contributed by atoms with Crippen molar-refractivity contribution < 1.29 is 26.3 Å². The summed E-state index contributed by atoms with van der Waals surface area (Å²) in [7, 11) is 0. The number of rotatable bonds is 0. The van der Waals surface area contributed by atoms with E-state index in [4.69, 9.17) is 0 Å². The fraction of sp³-hybridized carbons (Fsp3) is 0.333. The minimum Gasteiger partial charge on any atom is -0.167 e. The predicted molar refractivity (Wildman–Crippen MR) is 37.3 cm³/mol. The van der Waals surface area contributed by atoms with Crippen molar-refractivity contribution >= 4 is 11.6 Å². The monoisotopic (exact) mass is 226 g/mol. The average Bonchev–Trinajstić information content (AvgIpc) is 1.85. The van der Waals surface area contributed by atoms with Gasteiger partial charge in [-0.1, -0.05) is 24.8 Å². The molecular weight excluding hydrogens is 222 g/mol. The summed E-state index contributed by atoms with van der Waals surface area (Å²) in [6, 6.07) is 0. The lowest BCUT2D eigenvalue weighted by Crippen LogP contribution is -2.04. The van der Waals surface area contributed by atoms with Gasteiger partial charge in [-0.3, -0.25) is 0 Å². The Morgan fingerprint density at radius 2 is 1.23 bits per heavy atom. The van der Waals surface area contributed by atoms with Crippen LogP contribution in [0.25, 0.3) is 0 Å². The summed E-state index contributed by atoms with van der Waals surface area (Å²) < 4.78 is 64.8. The van der Waals surface area contributed by atoms with Crippen molar-refractivity contribution in [3.05, 3.63) is 24.3 Å². The molecule has 0 aliphatic heterocycles. The molecular formula is C6H5ClF6. The van der Waals surface area contributed by atoms with Gasteiger partial charge < -0.3 is 0 Å². The first kappa shape index (κ1) is 14.9. The molecule has 0 atom stereocenters. The first-order chi connectivity index (χ1) is 5.50. The Kier molecular flexibility index (Phi) is 5.90. The topological polar surface area (TPSA) is 0 Å². The molecule has 0 aromatic carbocycles. The quantitative estimate of drug-likeness (QED) is 0.432. The minimum absolute atomic E-state index is 0.0625. The highest BCUT2D eigenvalue weighted by Crippen LogP contribution is 2.26. The van der Waals surface area contributed by atoms with Crippen molar-refractivity contribution in [2.24, 2.45) is 0 Å². The van der Waals surface area contributed by atoms with Gasteiger partial charge in [0.25, 0.3) is 0 Å². The maximum atomic E-state index is 10.9. The van der Waals surface area contributed by atoms with Crippen LogP contribution in [0.3, 0.4) is 0 Å². The Hall–Kier alpha value is -0.650. The molecule has 0 aromatic heterocycles. The lowest BCUT2D eigenvalue weighted by molar-refractivity contribution is -0.0843. The van der Waals surface area contributed by atoms with Crippen LogP contribution in [0.1, 0.15) is 0 Å². The normalized spacial score (nSPS) is 11.3. The molecule has 0 saturated carbocycles. The van der Waals surface area contributed by atoms with E-state index in [1.165, 1.54) is 0 Å². The number of halogens is 7. The van der Waals surface area contributed by atoms with Crippen molar-refractivity contribution in [1.82, 2.24) is 0 Å². The van der Waals surface area contributed by atoms with Crippen LogP contribution in [0.4, 0.5) is 26.3 Å². The molecule has 0 amide bonds. The Morgan fingerprint density at radius 1 is 1.08 bits per heavy atom. The Bertz CT molecular complexity index is 177. The highest BCUT2D eigenvalue weighted by Gasteiger charge is 2.30. The highest BCUT2D eigenvalue weighted by molar-refractivity contribution is 6.29. The maximum Gasteiger partial charge on any atom is 0.426 e. The molecule has 0 saturated heterocycles. The zero-order valence-electron chi connectivity index (χ0n) is 6.14. The molecule has 0 unspecified atom stereocenters. The molecule has 0 nitrogen and oxygen atoms in total. The van der Waals surface area contributed by atoms with Crippen LogP contribution in [0.15, 0.2) is 24.3 Å². The molecule has 0 spiro atoms. The third-order valence-corrected chi connectivity index (χ3v) is 0.753. The van der Waals surface area contributed by atoms with Gasteiger partial charge in [-0.25, -0.2) is 0 Å². The van der Waals surface area contributed by atoms with Crippen LogP contribution in [-0.2, 0) is 0 Å². The molecule has 0 rings (SSSR count). The van der Waals surface area contributed by atoms with Gasteiger partial charge in [0.1, 0.15) is 5.03 Å². The smallest absolute Gasteiger partial charge is 0.167 e. The van der Waals surface area contributed by atoms with Gasteiger partial charge in [0.2, 0.25) is 0 Å². The van der Waals surface area contributed by atoms with E-state index in [2.05, 4.69) is 24.8 Å². The largest absolute Gasteiger partial charge is 0.426 e. The zero-order valence-corrected chi connectivity index (χ0v) is 6.89.